The smallest absolute Gasteiger partial charge is 0.325 e. The minimum absolute atomic E-state index is 0.335. The number of urea groups is 1. The van der Waals surface area contributed by atoms with Gasteiger partial charge in [-0.3, -0.25) is 14.5 Å². The lowest BCUT2D eigenvalue weighted by molar-refractivity contribution is -0.133. The molecule has 4 amide bonds. The Balaban J connectivity index is 1.76. The Morgan fingerprint density at radius 1 is 1.19 bits per heavy atom. The highest BCUT2D eigenvalue weighted by Gasteiger charge is 2.50. The van der Waals surface area contributed by atoms with Crippen LogP contribution in [-0.4, -0.2) is 29.3 Å². The van der Waals surface area contributed by atoms with E-state index in [4.69, 9.17) is 11.6 Å². The predicted octanol–water partition coefficient (Wildman–Crippen LogP) is 2.88. The van der Waals surface area contributed by atoms with E-state index in [-0.39, 0.29) is 0 Å². The summed E-state index contributed by atoms with van der Waals surface area (Å²) in [6.45, 7) is 1.06. The normalized spacial score (nSPS) is 19.4. The van der Waals surface area contributed by atoms with Crippen molar-refractivity contribution in [3.8, 4) is 0 Å². The molecule has 1 aliphatic rings. The highest BCUT2D eigenvalue weighted by Crippen LogP contribution is 2.33. The van der Waals surface area contributed by atoms with Gasteiger partial charge in [0, 0.05) is 16.3 Å². The summed E-state index contributed by atoms with van der Waals surface area (Å²) in [6, 6.07) is 11.1. The van der Waals surface area contributed by atoms with Crippen molar-refractivity contribution in [3.63, 3.8) is 0 Å². The van der Waals surface area contributed by atoms with E-state index < -0.39 is 35.7 Å². The molecule has 0 radical (unpaired) electrons. The van der Waals surface area contributed by atoms with Crippen molar-refractivity contribution in [3.05, 3.63) is 64.9 Å². The third-order valence-corrected chi connectivity index (χ3v) is 4.45. The quantitative estimate of drug-likeness (QED) is 0.806. The molecule has 2 N–H and O–H groups in total. The highest BCUT2D eigenvalue weighted by atomic mass is 35.5. The number of nitrogens with zero attached hydrogens (tertiary/aromatic N) is 1. The molecule has 0 spiro atoms. The number of rotatable bonds is 4. The first-order valence-corrected chi connectivity index (χ1v) is 8.13. The van der Waals surface area contributed by atoms with Crippen molar-refractivity contribution in [2.75, 3.05) is 11.9 Å². The fourth-order valence-corrected chi connectivity index (χ4v) is 3.09. The lowest BCUT2D eigenvalue weighted by atomic mass is 9.92. The van der Waals surface area contributed by atoms with Crippen molar-refractivity contribution in [1.82, 2.24) is 10.2 Å². The molecule has 1 saturated heterocycles. The lowest BCUT2D eigenvalue weighted by Gasteiger charge is -2.23. The zero-order chi connectivity index (χ0) is 18.9. The van der Waals surface area contributed by atoms with Crippen LogP contribution < -0.4 is 10.6 Å². The van der Waals surface area contributed by atoms with Gasteiger partial charge >= 0.3 is 6.03 Å². The topological polar surface area (TPSA) is 78.5 Å². The SMILES string of the molecule is C[C@@]1(c2ccccc2Cl)NC(=O)N(CC(=O)Nc2ccc(F)cc2)C1=O. The molecule has 134 valence electrons. The number of carbonyl (C=O) groups is 3. The summed E-state index contributed by atoms with van der Waals surface area (Å²) in [4.78, 5) is 38.0. The van der Waals surface area contributed by atoms with Crippen molar-refractivity contribution >= 4 is 35.1 Å². The zero-order valence-electron chi connectivity index (χ0n) is 13.8. The van der Waals surface area contributed by atoms with Crippen LogP contribution in [0.3, 0.4) is 0 Å². The number of carbonyl (C=O) groups excluding carboxylic acids is 3. The van der Waals surface area contributed by atoms with Gasteiger partial charge in [0.1, 0.15) is 17.9 Å². The minimum atomic E-state index is -1.36. The van der Waals surface area contributed by atoms with Crippen LogP contribution in [0.4, 0.5) is 14.9 Å². The summed E-state index contributed by atoms with van der Waals surface area (Å²) in [5.74, 6) is -1.60. The van der Waals surface area contributed by atoms with Gasteiger partial charge in [-0.25, -0.2) is 9.18 Å². The van der Waals surface area contributed by atoms with E-state index in [1.807, 2.05) is 0 Å². The van der Waals surface area contributed by atoms with E-state index in [0.29, 0.717) is 16.3 Å². The Bertz CT molecular complexity index is 888. The van der Waals surface area contributed by atoms with Gasteiger partial charge in [-0.1, -0.05) is 29.8 Å². The Labute approximate surface area is 153 Å². The minimum Gasteiger partial charge on any atom is -0.325 e. The molecule has 1 fully saturated rings. The molecule has 2 aromatic carbocycles. The second-order valence-corrected chi connectivity index (χ2v) is 6.39. The molecule has 6 nitrogen and oxygen atoms in total. The number of halogens is 2. The number of hydrogen-bond donors (Lipinski definition) is 2. The average molecular weight is 376 g/mol. The molecule has 2 aromatic rings. The fourth-order valence-electron chi connectivity index (χ4n) is 2.77. The molecule has 1 aliphatic heterocycles. The van der Waals surface area contributed by atoms with Gasteiger partial charge in [0.25, 0.3) is 5.91 Å². The Morgan fingerprint density at radius 2 is 1.85 bits per heavy atom. The molecule has 0 unspecified atom stereocenters. The fraction of sp³-hybridized carbons (Fsp3) is 0.167. The van der Waals surface area contributed by atoms with Gasteiger partial charge in [0.05, 0.1) is 0 Å². The van der Waals surface area contributed by atoms with Crippen molar-refractivity contribution < 1.29 is 18.8 Å². The second-order valence-electron chi connectivity index (χ2n) is 5.98. The van der Waals surface area contributed by atoms with E-state index >= 15 is 0 Å². The first-order valence-electron chi connectivity index (χ1n) is 7.76. The van der Waals surface area contributed by atoms with Gasteiger partial charge in [-0.05, 0) is 37.3 Å². The maximum atomic E-state index is 12.9. The lowest BCUT2D eigenvalue weighted by Crippen LogP contribution is -2.42. The number of benzene rings is 2. The number of nitrogens with one attached hydrogen (secondary N) is 2. The first-order chi connectivity index (χ1) is 12.3. The van der Waals surface area contributed by atoms with Crippen LogP contribution in [0.5, 0.6) is 0 Å². The van der Waals surface area contributed by atoms with Crippen LogP contribution in [0.1, 0.15) is 12.5 Å². The van der Waals surface area contributed by atoms with Crippen LogP contribution in [0, 0.1) is 5.82 Å². The van der Waals surface area contributed by atoms with E-state index in [0.717, 1.165) is 4.90 Å². The van der Waals surface area contributed by atoms with Gasteiger partial charge in [-0.2, -0.15) is 0 Å². The van der Waals surface area contributed by atoms with E-state index in [1.165, 1.54) is 31.2 Å². The third kappa shape index (κ3) is 3.25. The highest BCUT2D eigenvalue weighted by molar-refractivity contribution is 6.32. The van der Waals surface area contributed by atoms with E-state index in [9.17, 15) is 18.8 Å². The molecule has 8 heteroatoms. The van der Waals surface area contributed by atoms with Gasteiger partial charge in [-0.15, -0.1) is 0 Å². The molecule has 26 heavy (non-hydrogen) atoms. The summed E-state index contributed by atoms with van der Waals surface area (Å²) in [5, 5.41) is 5.43. The molecule has 0 saturated carbocycles. The predicted molar refractivity (Wildman–Crippen MR) is 94.1 cm³/mol. The number of imide groups is 1. The summed E-state index contributed by atoms with van der Waals surface area (Å²) in [5.41, 5.74) is -0.551. The molecule has 0 aromatic heterocycles. The van der Waals surface area contributed by atoms with Crippen LogP contribution in [-0.2, 0) is 15.1 Å². The van der Waals surface area contributed by atoms with Crippen molar-refractivity contribution in [2.24, 2.45) is 0 Å². The molecule has 0 bridgehead atoms. The zero-order valence-corrected chi connectivity index (χ0v) is 14.5. The largest absolute Gasteiger partial charge is 0.325 e. The summed E-state index contributed by atoms with van der Waals surface area (Å²) >= 11 is 6.15. The van der Waals surface area contributed by atoms with Crippen molar-refractivity contribution in [2.45, 2.75) is 12.5 Å². The first kappa shape index (κ1) is 17.9. The number of amides is 4. The second kappa shape index (κ2) is 6.76. The number of anilines is 1. The summed E-state index contributed by atoms with van der Waals surface area (Å²) < 4.78 is 12.9. The Hall–Kier alpha value is -2.93. The van der Waals surface area contributed by atoms with Crippen LogP contribution >= 0.6 is 11.6 Å². The number of hydrogen-bond acceptors (Lipinski definition) is 3. The van der Waals surface area contributed by atoms with Gasteiger partial charge in [0.15, 0.2) is 0 Å². The van der Waals surface area contributed by atoms with Crippen LogP contribution in [0.15, 0.2) is 48.5 Å². The van der Waals surface area contributed by atoms with Crippen molar-refractivity contribution in [1.29, 1.82) is 0 Å². The van der Waals surface area contributed by atoms with E-state index in [2.05, 4.69) is 10.6 Å². The van der Waals surface area contributed by atoms with Gasteiger partial charge in [0.2, 0.25) is 5.91 Å². The molecular weight excluding hydrogens is 361 g/mol. The maximum Gasteiger partial charge on any atom is 0.325 e. The standard InChI is InChI=1S/C18H15ClFN3O3/c1-18(13-4-2-3-5-14(13)19)16(25)23(17(26)22-18)10-15(24)21-12-8-6-11(20)7-9-12/h2-9H,10H2,1H3,(H,21,24)(H,22,26)/t18-/m0/s1. The average Bonchev–Trinajstić information content (AvgIpc) is 2.81. The molecule has 1 atom stereocenters. The molecule has 0 aliphatic carbocycles. The summed E-state index contributed by atoms with van der Waals surface area (Å²) in [6.07, 6.45) is 0. The molecule has 1 heterocycles. The molecular formula is C18H15ClFN3O3. The van der Waals surface area contributed by atoms with E-state index in [1.54, 1.807) is 24.3 Å². The van der Waals surface area contributed by atoms with Crippen LogP contribution in [0.2, 0.25) is 5.02 Å². The maximum absolute atomic E-state index is 12.9. The Kier molecular flexibility index (Phi) is 4.65. The molecule has 3 rings (SSSR count). The summed E-state index contributed by atoms with van der Waals surface area (Å²) in [7, 11) is 0. The van der Waals surface area contributed by atoms with Crippen LogP contribution in [0.25, 0.3) is 0 Å². The monoisotopic (exact) mass is 375 g/mol. The Morgan fingerprint density at radius 3 is 2.50 bits per heavy atom. The third-order valence-electron chi connectivity index (χ3n) is 4.12. The van der Waals surface area contributed by atoms with Gasteiger partial charge < -0.3 is 10.6 Å².